The van der Waals surface area contributed by atoms with Crippen molar-refractivity contribution < 1.29 is 0 Å². The molecule has 0 N–H and O–H groups in total. The van der Waals surface area contributed by atoms with Gasteiger partial charge >= 0.3 is 94.2 Å². The average molecular weight is 253 g/mol. The first-order valence-electron chi connectivity index (χ1n) is 4.76. The molecule has 1 nitrogen and oxygen atoms in total. The van der Waals surface area contributed by atoms with E-state index in [2.05, 4.69) is 53.9 Å². The van der Waals surface area contributed by atoms with Gasteiger partial charge in [-0.3, -0.25) is 0 Å². The summed E-state index contributed by atoms with van der Waals surface area (Å²) in [7, 11) is 0. The fourth-order valence-corrected chi connectivity index (χ4v) is 1.12. The Labute approximate surface area is 94.5 Å². The molecule has 0 aromatic heterocycles. The van der Waals surface area contributed by atoms with Gasteiger partial charge in [-0.05, 0) is 0 Å². The molecule has 0 spiro atoms. The molecular formula is C12H16NSe. The molecule has 0 unspecified atom stereocenters. The summed E-state index contributed by atoms with van der Waals surface area (Å²) in [5.41, 5.74) is 1.39. The number of hydrogen-bond donors (Lipinski definition) is 0. The Morgan fingerprint density at radius 3 is 2.29 bits per heavy atom. The van der Waals surface area contributed by atoms with Crippen molar-refractivity contribution in [3.8, 4) is 0 Å². The van der Waals surface area contributed by atoms with Crippen molar-refractivity contribution in [1.82, 2.24) is 0 Å². The second-order valence-electron chi connectivity index (χ2n) is 4.36. The third kappa shape index (κ3) is 3.65. The number of rotatable bonds is 2. The summed E-state index contributed by atoms with van der Waals surface area (Å²) >= 11 is 3.04. The van der Waals surface area contributed by atoms with Crippen molar-refractivity contribution in [3.63, 3.8) is 0 Å². The molecule has 0 aliphatic carbocycles. The second-order valence-corrected chi connectivity index (χ2v) is 5.17. The summed E-state index contributed by atoms with van der Waals surface area (Å²) in [6.45, 7) is 7.24. The maximum absolute atomic E-state index is 4.53. The van der Waals surface area contributed by atoms with Crippen LogP contribution in [-0.4, -0.2) is 20.6 Å². The van der Waals surface area contributed by atoms with E-state index >= 15 is 0 Å². The Morgan fingerprint density at radius 2 is 1.79 bits per heavy atom. The van der Waals surface area contributed by atoms with E-state index < -0.39 is 0 Å². The average Bonchev–Trinajstić information content (AvgIpc) is 2.14. The van der Waals surface area contributed by atoms with Gasteiger partial charge in [0.15, 0.2) is 0 Å². The Hall–Kier alpha value is -0.591. The van der Waals surface area contributed by atoms with Crippen LogP contribution in [0.3, 0.4) is 0 Å². The molecule has 0 bridgehead atoms. The van der Waals surface area contributed by atoms with Crippen molar-refractivity contribution in [1.29, 1.82) is 0 Å². The van der Waals surface area contributed by atoms with Crippen molar-refractivity contribution in [3.05, 3.63) is 35.9 Å². The molecule has 1 aromatic rings. The number of hydrogen-bond acceptors (Lipinski definition) is 1. The van der Waals surface area contributed by atoms with Gasteiger partial charge in [0, 0.05) is 0 Å². The molecule has 0 saturated carbocycles. The SMILES string of the molecule is CC(C)(C)C([Se])=NCc1ccccc1. The normalized spacial score (nSPS) is 12.9. The predicted molar refractivity (Wildman–Crippen MR) is 62.8 cm³/mol. The quantitative estimate of drug-likeness (QED) is 0.567. The van der Waals surface area contributed by atoms with E-state index in [1.54, 1.807) is 0 Å². The molecule has 0 fully saturated rings. The molecule has 14 heavy (non-hydrogen) atoms. The molecule has 1 aromatic carbocycles. The van der Waals surface area contributed by atoms with Crippen LogP contribution in [-0.2, 0) is 6.54 Å². The van der Waals surface area contributed by atoms with Crippen LogP contribution in [0.2, 0.25) is 0 Å². The first-order valence-corrected chi connectivity index (χ1v) is 5.61. The molecule has 0 aliphatic heterocycles. The van der Waals surface area contributed by atoms with Gasteiger partial charge in [0.25, 0.3) is 0 Å². The maximum atomic E-state index is 4.53. The standard InChI is InChI=1S/C12H16NSe/c1-12(2,3)11(14)13-9-10-7-5-4-6-8-10/h4-8H,9H2,1-3H3. The van der Waals surface area contributed by atoms with Gasteiger partial charge < -0.3 is 0 Å². The molecule has 1 radical (unpaired) electrons. The van der Waals surface area contributed by atoms with Crippen molar-refractivity contribution in [2.24, 2.45) is 10.4 Å². The van der Waals surface area contributed by atoms with Gasteiger partial charge in [0.1, 0.15) is 0 Å². The fourth-order valence-electron chi connectivity index (χ4n) is 0.984. The summed E-state index contributed by atoms with van der Waals surface area (Å²) in [4.78, 5) is 4.53. The summed E-state index contributed by atoms with van der Waals surface area (Å²) in [6, 6.07) is 10.3. The van der Waals surface area contributed by atoms with Gasteiger partial charge in [-0.15, -0.1) is 0 Å². The van der Waals surface area contributed by atoms with Crippen LogP contribution < -0.4 is 0 Å². The molecule has 0 aliphatic rings. The molecule has 0 saturated heterocycles. The van der Waals surface area contributed by atoms with Gasteiger partial charge in [-0.25, -0.2) is 0 Å². The van der Waals surface area contributed by atoms with E-state index in [1.807, 2.05) is 18.2 Å². The van der Waals surface area contributed by atoms with E-state index in [9.17, 15) is 0 Å². The number of benzene rings is 1. The van der Waals surface area contributed by atoms with Crippen molar-refractivity contribution >= 4 is 20.6 Å². The summed E-state index contributed by atoms with van der Waals surface area (Å²) in [5, 5.41) is 0. The topological polar surface area (TPSA) is 12.4 Å². The minimum atomic E-state index is 0.134. The van der Waals surface area contributed by atoms with E-state index in [-0.39, 0.29) is 5.41 Å². The zero-order valence-electron chi connectivity index (χ0n) is 8.95. The van der Waals surface area contributed by atoms with Gasteiger partial charge in [-0.1, -0.05) is 0 Å². The van der Waals surface area contributed by atoms with Gasteiger partial charge in [-0.2, -0.15) is 0 Å². The third-order valence-corrected chi connectivity index (χ3v) is 3.45. The molecule has 0 heterocycles. The molecule has 75 valence electrons. The van der Waals surface area contributed by atoms with Crippen LogP contribution in [0.25, 0.3) is 0 Å². The number of aliphatic imine (C=N–C) groups is 1. The Kier molecular flexibility index (Phi) is 3.91. The monoisotopic (exact) mass is 254 g/mol. The summed E-state index contributed by atoms with van der Waals surface area (Å²) in [5.74, 6) is 0. The molecular weight excluding hydrogens is 237 g/mol. The van der Waals surface area contributed by atoms with Crippen LogP contribution in [0, 0.1) is 5.41 Å². The first kappa shape index (κ1) is 11.5. The molecule has 0 atom stereocenters. The summed E-state index contributed by atoms with van der Waals surface area (Å²) in [6.07, 6.45) is 0. The van der Waals surface area contributed by atoms with Crippen LogP contribution in [0.1, 0.15) is 26.3 Å². The van der Waals surface area contributed by atoms with Gasteiger partial charge in [0.2, 0.25) is 0 Å². The predicted octanol–water partition coefficient (Wildman–Crippen LogP) is 2.80. The molecule has 2 heteroatoms. The first-order chi connectivity index (χ1) is 6.50. The molecule has 1 rings (SSSR count). The minimum absolute atomic E-state index is 0.134. The Bertz CT molecular complexity index is 309. The zero-order valence-corrected chi connectivity index (χ0v) is 10.7. The van der Waals surface area contributed by atoms with Crippen LogP contribution in [0.5, 0.6) is 0 Å². The van der Waals surface area contributed by atoms with Crippen molar-refractivity contribution in [2.45, 2.75) is 27.3 Å². The Morgan fingerprint density at radius 1 is 1.21 bits per heavy atom. The Balaban J connectivity index is 2.65. The fraction of sp³-hybridized carbons (Fsp3) is 0.417. The zero-order chi connectivity index (χ0) is 10.6. The van der Waals surface area contributed by atoms with E-state index in [4.69, 9.17) is 0 Å². The van der Waals surface area contributed by atoms with Crippen LogP contribution in [0.15, 0.2) is 35.3 Å². The molecule has 0 amide bonds. The third-order valence-electron chi connectivity index (χ3n) is 1.89. The van der Waals surface area contributed by atoms with E-state index in [1.165, 1.54) is 5.56 Å². The van der Waals surface area contributed by atoms with E-state index in [0.717, 1.165) is 11.2 Å². The van der Waals surface area contributed by atoms with Crippen molar-refractivity contribution in [2.75, 3.05) is 0 Å². The van der Waals surface area contributed by atoms with Gasteiger partial charge in [0.05, 0.1) is 0 Å². The second kappa shape index (κ2) is 4.77. The summed E-state index contributed by atoms with van der Waals surface area (Å²) < 4.78 is 1.08. The van der Waals surface area contributed by atoms with Crippen LogP contribution >= 0.6 is 0 Å². The van der Waals surface area contributed by atoms with E-state index in [0.29, 0.717) is 0 Å². The number of nitrogens with zero attached hydrogens (tertiary/aromatic N) is 1. The van der Waals surface area contributed by atoms with Crippen LogP contribution in [0.4, 0.5) is 0 Å².